The number of aromatic carboxylic acids is 1. The smallest absolute Gasteiger partial charge is 0.340 e. The summed E-state index contributed by atoms with van der Waals surface area (Å²) in [6.45, 7) is 0. The Labute approximate surface area is 166 Å². The van der Waals surface area contributed by atoms with E-state index in [4.69, 9.17) is 11.6 Å². The Kier molecular flexibility index (Phi) is 4.72. The van der Waals surface area contributed by atoms with Crippen LogP contribution in [0.1, 0.15) is 21.6 Å². The van der Waals surface area contributed by atoms with Crippen molar-refractivity contribution in [2.75, 3.05) is 0 Å². The van der Waals surface area contributed by atoms with Crippen molar-refractivity contribution in [3.05, 3.63) is 94.6 Å². The fourth-order valence-electron chi connectivity index (χ4n) is 3.25. The van der Waals surface area contributed by atoms with E-state index < -0.39 is 5.97 Å². The highest BCUT2D eigenvalue weighted by Crippen LogP contribution is 2.33. The summed E-state index contributed by atoms with van der Waals surface area (Å²) in [5.41, 5.74) is 3.42. The largest absolute Gasteiger partial charge is 0.505 e. The molecule has 4 nitrogen and oxygen atoms in total. The minimum atomic E-state index is -1.19. The second kappa shape index (κ2) is 7.33. The first-order valence-electron chi connectivity index (χ1n) is 8.71. The van der Waals surface area contributed by atoms with Crippen LogP contribution in [0.25, 0.3) is 22.0 Å². The Balaban J connectivity index is 1.86. The van der Waals surface area contributed by atoms with Gasteiger partial charge in [-0.2, -0.15) is 0 Å². The number of carboxylic acids is 1. The van der Waals surface area contributed by atoms with Crippen molar-refractivity contribution in [3.63, 3.8) is 0 Å². The predicted molar refractivity (Wildman–Crippen MR) is 110 cm³/mol. The van der Waals surface area contributed by atoms with Crippen LogP contribution in [-0.4, -0.2) is 21.2 Å². The fourth-order valence-corrected chi connectivity index (χ4v) is 3.38. The molecule has 0 aliphatic heterocycles. The van der Waals surface area contributed by atoms with Crippen molar-refractivity contribution in [3.8, 4) is 16.9 Å². The number of pyridine rings is 1. The third kappa shape index (κ3) is 3.42. The highest BCUT2D eigenvalue weighted by Gasteiger charge is 2.20. The summed E-state index contributed by atoms with van der Waals surface area (Å²) in [4.78, 5) is 16.5. The molecule has 0 saturated heterocycles. The minimum absolute atomic E-state index is 0.133. The predicted octanol–water partition coefficient (Wildman–Crippen LogP) is 5.55. The van der Waals surface area contributed by atoms with Crippen LogP contribution < -0.4 is 0 Å². The van der Waals surface area contributed by atoms with E-state index in [-0.39, 0.29) is 11.3 Å². The van der Waals surface area contributed by atoms with E-state index >= 15 is 0 Å². The summed E-state index contributed by atoms with van der Waals surface area (Å²) in [5.74, 6) is -1.49. The maximum Gasteiger partial charge on any atom is 0.340 e. The van der Waals surface area contributed by atoms with Crippen molar-refractivity contribution in [2.45, 2.75) is 6.42 Å². The minimum Gasteiger partial charge on any atom is -0.505 e. The average molecular weight is 390 g/mol. The van der Waals surface area contributed by atoms with Gasteiger partial charge in [-0.25, -0.2) is 9.78 Å². The maximum atomic E-state index is 11.9. The van der Waals surface area contributed by atoms with Crippen LogP contribution >= 0.6 is 11.6 Å². The van der Waals surface area contributed by atoms with Gasteiger partial charge >= 0.3 is 5.97 Å². The Morgan fingerprint density at radius 2 is 1.64 bits per heavy atom. The number of hydrogen-bond donors (Lipinski definition) is 2. The van der Waals surface area contributed by atoms with Crippen LogP contribution in [0.4, 0.5) is 0 Å². The molecule has 4 aromatic rings. The van der Waals surface area contributed by atoms with E-state index in [1.165, 1.54) is 0 Å². The molecule has 0 fully saturated rings. The summed E-state index contributed by atoms with van der Waals surface area (Å²) >= 11 is 5.91. The van der Waals surface area contributed by atoms with Crippen LogP contribution in [0.2, 0.25) is 5.02 Å². The molecule has 0 saturated carbocycles. The lowest BCUT2D eigenvalue weighted by Gasteiger charge is -2.12. The number of fused-ring (bicyclic) bond motifs is 1. The molecule has 2 N–H and O–H groups in total. The van der Waals surface area contributed by atoms with E-state index in [0.717, 1.165) is 16.7 Å². The van der Waals surface area contributed by atoms with Crippen molar-refractivity contribution in [1.29, 1.82) is 0 Å². The summed E-state index contributed by atoms with van der Waals surface area (Å²) in [6, 6.07) is 22.3. The summed E-state index contributed by atoms with van der Waals surface area (Å²) in [7, 11) is 0. The molecule has 0 atom stereocenters. The summed E-state index contributed by atoms with van der Waals surface area (Å²) < 4.78 is 0. The van der Waals surface area contributed by atoms with Crippen LogP contribution in [0.15, 0.2) is 72.8 Å². The molecule has 138 valence electrons. The lowest BCUT2D eigenvalue weighted by atomic mass is 9.98. The van der Waals surface area contributed by atoms with Gasteiger partial charge in [-0.05, 0) is 41.0 Å². The van der Waals surface area contributed by atoms with Crippen LogP contribution in [0, 0.1) is 0 Å². The first-order chi connectivity index (χ1) is 13.5. The van der Waals surface area contributed by atoms with Crippen LogP contribution in [0.5, 0.6) is 5.75 Å². The number of halogens is 1. The third-order valence-corrected chi connectivity index (χ3v) is 4.89. The molecule has 28 heavy (non-hydrogen) atoms. The molecule has 0 aliphatic rings. The van der Waals surface area contributed by atoms with Gasteiger partial charge < -0.3 is 10.2 Å². The average Bonchev–Trinajstić information content (AvgIpc) is 2.70. The molecular weight excluding hydrogens is 374 g/mol. The number of carbonyl (C=O) groups is 1. The number of rotatable bonds is 4. The normalized spacial score (nSPS) is 10.9. The van der Waals surface area contributed by atoms with E-state index in [2.05, 4.69) is 4.98 Å². The molecule has 5 heteroatoms. The van der Waals surface area contributed by atoms with Gasteiger partial charge in [-0.15, -0.1) is 0 Å². The monoisotopic (exact) mass is 389 g/mol. The zero-order chi connectivity index (χ0) is 19.7. The van der Waals surface area contributed by atoms with E-state index in [1.54, 1.807) is 24.3 Å². The lowest BCUT2D eigenvalue weighted by molar-refractivity contribution is 0.0695. The van der Waals surface area contributed by atoms with E-state index in [1.807, 2.05) is 48.5 Å². The quantitative estimate of drug-likeness (QED) is 0.480. The molecule has 0 bridgehead atoms. The number of aromatic hydroxyl groups is 1. The Hall–Kier alpha value is -3.37. The zero-order valence-corrected chi connectivity index (χ0v) is 15.5. The molecular formula is C23H16ClNO3. The molecule has 0 spiro atoms. The molecule has 1 heterocycles. The molecule has 0 radical (unpaired) electrons. The maximum absolute atomic E-state index is 11.9. The second-order valence-electron chi connectivity index (χ2n) is 6.49. The van der Waals surface area contributed by atoms with Gasteiger partial charge in [0.25, 0.3) is 0 Å². The summed E-state index contributed by atoms with van der Waals surface area (Å²) in [6.07, 6.45) is 0.305. The highest BCUT2D eigenvalue weighted by molar-refractivity contribution is 6.30. The van der Waals surface area contributed by atoms with Gasteiger partial charge in [0.15, 0.2) is 5.75 Å². The SMILES string of the molecule is O=C(O)c1c(O)c(Cc2ccc(Cl)cc2)nc2ccc(-c3ccccc3)cc12. The molecule has 4 rings (SSSR count). The number of hydrogen-bond acceptors (Lipinski definition) is 3. The second-order valence-corrected chi connectivity index (χ2v) is 6.92. The first-order valence-corrected chi connectivity index (χ1v) is 9.09. The van der Waals surface area contributed by atoms with E-state index in [0.29, 0.717) is 28.0 Å². The topological polar surface area (TPSA) is 70.4 Å². The zero-order valence-electron chi connectivity index (χ0n) is 14.8. The number of benzene rings is 3. The van der Waals surface area contributed by atoms with Crippen molar-refractivity contribution < 1.29 is 15.0 Å². The molecule has 0 aliphatic carbocycles. The van der Waals surface area contributed by atoms with Crippen molar-refractivity contribution in [1.82, 2.24) is 4.98 Å². The number of nitrogens with zero attached hydrogens (tertiary/aromatic N) is 1. The molecule has 0 unspecified atom stereocenters. The molecule has 0 amide bonds. The van der Waals surface area contributed by atoms with Crippen LogP contribution in [-0.2, 0) is 6.42 Å². The lowest BCUT2D eigenvalue weighted by Crippen LogP contribution is -2.04. The Morgan fingerprint density at radius 3 is 2.32 bits per heavy atom. The number of carboxylic acid groups (broad SMARTS) is 1. The third-order valence-electron chi connectivity index (χ3n) is 4.64. The van der Waals surface area contributed by atoms with Crippen molar-refractivity contribution >= 4 is 28.5 Å². The van der Waals surface area contributed by atoms with Gasteiger partial charge in [0.2, 0.25) is 0 Å². The first kappa shape index (κ1) is 18.0. The number of aromatic nitrogens is 1. The molecule has 1 aromatic heterocycles. The Morgan fingerprint density at radius 1 is 0.929 bits per heavy atom. The van der Waals surface area contributed by atoms with Crippen LogP contribution in [0.3, 0.4) is 0 Å². The van der Waals surface area contributed by atoms with Gasteiger partial charge in [0.05, 0.1) is 11.2 Å². The van der Waals surface area contributed by atoms with Gasteiger partial charge in [0.1, 0.15) is 5.56 Å². The molecule has 3 aromatic carbocycles. The van der Waals surface area contributed by atoms with E-state index in [9.17, 15) is 15.0 Å². The van der Waals surface area contributed by atoms with Gasteiger partial charge in [-0.3, -0.25) is 0 Å². The summed E-state index contributed by atoms with van der Waals surface area (Å²) in [5, 5.41) is 21.4. The fraction of sp³-hybridized carbons (Fsp3) is 0.0435. The van der Waals surface area contributed by atoms with Gasteiger partial charge in [-0.1, -0.05) is 60.1 Å². The highest BCUT2D eigenvalue weighted by atomic mass is 35.5. The Bertz CT molecular complexity index is 1170. The standard InChI is InChI=1S/C23H16ClNO3/c24-17-9-6-14(7-10-17)12-20-22(26)21(23(27)28)18-13-16(8-11-19(18)25-20)15-4-2-1-3-5-15/h1-11,13,26H,12H2,(H,27,28). The van der Waals surface area contributed by atoms with Crippen molar-refractivity contribution in [2.24, 2.45) is 0 Å². The van der Waals surface area contributed by atoms with Gasteiger partial charge in [0, 0.05) is 16.8 Å².